The maximum absolute atomic E-state index is 12.6. The first-order valence-electron chi connectivity index (χ1n) is 7.97. The third-order valence-corrected chi connectivity index (χ3v) is 4.14. The molecule has 0 spiro atoms. The molecule has 0 bridgehead atoms. The normalized spacial score (nSPS) is 10.8. The summed E-state index contributed by atoms with van der Waals surface area (Å²) < 4.78 is 3.83. The second kappa shape index (κ2) is 6.31. The van der Waals surface area contributed by atoms with Gasteiger partial charge >= 0.3 is 0 Å². The lowest BCUT2D eigenvalue weighted by molar-refractivity contribution is 0.102. The summed E-state index contributed by atoms with van der Waals surface area (Å²) in [6, 6.07) is 7.70. The van der Waals surface area contributed by atoms with E-state index in [-0.39, 0.29) is 5.91 Å². The predicted molar refractivity (Wildman–Crippen MR) is 93.6 cm³/mol. The SMILES string of the molecule is CCn1nc(C)c(C(=O)Nc2ccc(-n3ccnc3C)cc2)c1C. The average molecular weight is 323 g/mol. The fourth-order valence-corrected chi connectivity index (χ4v) is 2.88. The van der Waals surface area contributed by atoms with Crippen molar-refractivity contribution in [3.8, 4) is 5.69 Å². The highest BCUT2D eigenvalue weighted by atomic mass is 16.1. The van der Waals surface area contributed by atoms with Gasteiger partial charge in [0.2, 0.25) is 0 Å². The average Bonchev–Trinajstić information content (AvgIpc) is 3.11. The molecule has 0 aliphatic heterocycles. The van der Waals surface area contributed by atoms with E-state index in [1.807, 2.05) is 67.4 Å². The van der Waals surface area contributed by atoms with Crippen molar-refractivity contribution >= 4 is 11.6 Å². The summed E-state index contributed by atoms with van der Waals surface area (Å²) in [4.78, 5) is 16.8. The summed E-state index contributed by atoms with van der Waals surface area (Å²) in [5.41, 5.74) is 4.04. The number of carbonyl (C=O) groups is 1. The molecule has 2 heterocycles. The topological polar surface area (TPSA) is 64.7 Å². The molecule has 3 rings (SSSR count). The Morgan fingerprint density at radius 1 is 1.17 bits per heavy atom. The van der Waals surface area contributed by atoms with Crippen LogP contribution in [0.25, 0.3) is 5.69 Å². The first-order chi connectivity index (χ1) is 11.5. The Hall–Kier alpha value is -2.89. The van der Waals surface area contributed by atoms with E-state index in [0.29, 0.717) is 5.56 Å². The molecule has 0 aliphatic carbocycles. The summed E-state index contributed by atoms with van der Waals surface area (Å²) in [5.74, 6) is 0.793. The molecule has 1 N–H and O–H groups in total. The van der Waals surface area contributed by atoms with Gasteiger partial charge < -0.3 is 9.88 Å². The number of hydrogen-bond acceptors (Lipinski definition) is 3. The van der Waals surface area contributed by atoms with Crippen molar-refractivity contribution in [1.82, 2.24) is 19.3 Å². The summed E-state index contributed by atoms with van der Waals surface area (Å²) in [7, 11) is 0. The number of amides is 1. The van der Waals surface area contributed by atoms with Crippen molar-refractivity contribution in [2.24, 2.45) is 0 Å². The van der Waals surface area contributed by atoms with E-state index in [1.165, 1.54) is 0 Å². The third kappa shape index (κ3) is 2.82. The summed E-state index contributed by atoms with van der Waals surface area (Å²) >= 11 is 0. The molecule has 24 heavy (non-hydrogen) atoms. The number of anilines is 1. The van der Waals surface area contributed by atoms with E-state index in [9.17, 15) is 4.79 Å². The van der Waals surface area contributed by atoms with Gasteiger partial charge in [0.05, 0.1) is 11.3 Å². The third-order valence-electron chi connectivity index (χ3n) is 4.14. The van der Waals surface area contributed by atoms with Crippen LogP contribution in [-0.2, 0) is 6.54 Å². The van der Waals surface area contributed by atoms with Gasteiger partial charge in [-0.1, -0.05) is 0 Å². The van der Waals surface area contributed by atoms with Crippen molar-refractivity contribution in [1.29, 1.82) is 0 Å². The van der Waals surface area contributed by atoms with Gasteiger partial charge in [0, 0.05) is 36.0 Å². The van der Waals surface area contributed by atoms with Crippen molar-refractivity contribution < 1.29 is 4.79 Å². The molecule has 1 aromatic carbocycles. The minimum Gasteiger partial charge on any atom is -0.322 e. The number of carbonyl (C=O) groups excluding carboxylic acids is 1. The fraction of sp³-hybridized carbons (Fsp3) is 0.278. The Labute approximate surface area is 141 Å². The van der Waals surface area contributed by atoms with E-state index < -0.39 is 0 Å². The molecular weight excluding hydrogens is 302 g/mol. The molecule has 0 radical (unpaired) electrons. The Balaban J connectivity index is 1.80. The Bertz CT molecular complexity index is 873. The number of nitrogens with one attached hydrogen (secondary N) is 1. The van der Waals surface area contributed by atoms with Crippen LogP contribution in [0.2, 0.25) is 0 Å². The smallest absolute Gasteiger partial charge is 0.259 e. The summed E-state index contributed by atoms with van der Waals surface area (Å²) in [6.45, 7) is 8.49. The van der Waals surface area contributed by atoms with Crippen LogP contribution in [0.4, 0.5) is 5.69 Å². The highest BCUT2D eigenvalue weighted by Gasteiger charge is 2.18. The largest absolute Gasteiger partial charge is 0.322 e. The van der Waals surface area contributed by atoms with Gasteiger partial charge in [-0.25, -0.2) is 4.98 Å². The van der Waals surface area contributed by atoms with Crippen LogP contribution in [0.5, 0.6) is 0 Å². The molecule has 6 nitrogen and oxygen atoms in total. The molecular formula is C18H21N5O. The molecule has 0 fully saturated rings. The van der Waals surface area contributed by atoms with Crippen molar-refractivity contribution in [3.63, 3.8) is 0 Å². The molecule has 0 aliphatic rings. The zero-order valence-corrected chi connectivity index (χ0v) is 14.4. The zero-order chi connectivity index (χ0) is 17.3. The van der Waals surface area contributed by atoms with Crippen LogP contribution < -0.4 is 5.32 Å². The number of rotatable bonds is 4. The molecule has 6 heteroatoms. The highest BCUT2D eigenvalue weighted by Crippen LogP contribution is 2.18. The number of imidazole rings is 1. The minimum absolute atomic E-state index is 0.128. The number of nitrogens with zero attached hydrogens (tertiary/aromatic N) is 4. The lowest BCUT2D eigenvalue weighted by Gasteiger charge is -2.09. The van der Waals surface area contributed by atoms with Gasteiger partial charge in [-0.2, -0.15) is 5.10 Å². The number of benzene rings is 1. The van der Waals surface area contributed by atoms with Crippen LogP contribution in [0.15, 0.2) is 36.7 Å². The summed E-state index contributed by atoms with van der Waals surface area (Å²) in [5, 5.41) is 7.34. The predicted octanol–water partition coefficient (Wildman–Crippen LogP) is 3.27. The first kappa shape index (κ1) is 16.0. The Kier molecular flexibility index (Phi) is 4.20. The van der Waals surface area contributed by atoms with Crippen molar-refractivity contribution in [2.75, 3.05) is 5.32 Å². The minimum atomic E-state index is -0.128. The molecule has 3 aromatic rings. The van der Waals surface area contributed by atoms with Crippen molar-refractivity contribution in [3.05, 3.63) is 59.4 Å². The molecule has 0 unspecified atom stereocenters. The van der Waals surface area contributed by atoms with Crippen molar-refractivity contribution in [2.45, 2.75) is 34.2 Å². The van der Waals surface area contributed by atoms with E-state index in [2.05, 4.69) is 15.4 Å². The molecule has 0 saturated carbocycles. The van der Waals surface area contributed by atoms with Gasteiger partial charge in [0.1, 0.15) is 5.82 Å². The standard InChI is InChI=1S/C18H21N5O/c1-5-23-13(3)17(12(2)21-23)18(24)20-15-6-8-16(9-7-15)22-11-10-19-14(22)4/h6-11H,5H2,1-4H3,(H,20,24). The second-order valence-electron chi connectivity index (χ2n) is 5.71. The highest BCUT2D eigenvalue weighted by molar-refractivity contribution is 6.05. The second-order valence-corrected chi connectivity index (χ2v) is 5.71. The maximum atomic E-state index is 12.6. The quantitative estimate of drug-likeness (QED) is 0.801. The van der Waals surface area contributed by atoms with Crippen LogP contribution in [0.1, 0.15) is 34.5 Å². The number of aromatic nitrogens is 4. The molecule has 0 atom stereocenters. The fourth-order valence-electron chi connectivity index (χ4n) is 2.88. The molecule has 2 aromatic heterocycles. The first-order valence-corrected chi connectivity index (χ1v) is 7.97. The number of aryl methyl sites for hydroxylation is 3. The van der Waals surface area contributed by atoms with Gasteiger partial charge in [-0.3, -0.25) is 9.48 Å². The van der Waals surface area contributed by atoms with E-state index in [0.717, 1.165) is 35.1 Å². The van der Waals surface area contributed by atoms with Gasteiger partial charge in [0.15, 0.2) is 0 Å². The zero-order valence-electron chi connectivity index (χ0n) is 14.4. The Morgan fingerprint density at radius 2 is 1.88 bits per heavy atom. The van der Waals surface area contributed by atoms with Gasteiger partial charge in [-0.15, -0.1) is 0 Å². The molecule has 1 amide bonds. The summed E-state index contributed by atoms with van der Waals surface area (Å²) in [6.07, 6.45) is 3.68. The number of hydrogen-bond donors (Lipinski definition) is 1. The van der Waals surface area contributed by atoms with Crippen LogP contribution in [0, 0.1) is 20.8 Å². The van der Waals surface area contributed by atoms with E-state index >= 15 is 0 Å². The van der Waals surface area contributed by atoms with Crippen LogP contribution in [-0.4, -0.2) is 25.2 Å². The van der Waals surface area contributed by atoms with E-state index in [4.69, 9.17) is 0 Å². The van der Waals surface area contributed by atoms with Crippen LogP contribution >= 0.6 is 0 Å². The maximum Gasteiger partial charge on any atom is 0.259 e. The van der Waals surface area contributed by atoms with Gasteiger partial charge in [-0.05, 0) is 52.0 Å². The molecule has 0 saturated heterocycles. The van der Waals surface area contributed by atoms with Crippen LogP contribution in [0.3, 0.4) is 0 Å². The van der Waals surface area contributed by atoms with E-state index in [1.54, 1.807) is 6.20 Å². The van der Waals surface area contributed by atoms with Gasteiger partial charge in [0.25, 0.3) is 5.91 Å². The lowest BCUT2D eigenvalue weighted by atomic mass is 10.1. The monoisotopic (exact) mass is 323 g/mol. The lowest BCUT2D eigenvalue weighted by Crippen LogP contribution is -2.14. The molecule has 124 valence electrons. The Morgan fingerprint density at radius 3 is 2.42 bits per heavy atom.